The van der Waals surface area contributed by atoms with E-state index in [-0.39, 0.29) is 17.5 Å². The molecule has 1 aliphatic carbocycles. The monoisotopic (exact) mass is 308 g/mol. The summed E-state index contributed by atoms with van der Waals surface area (Å²) in [7, 11) is 0. The van der Waals surface area contributed by atoms with Crippen LogP contribution in [0.1, 0.15) is 110 Å². The predicted octanol–water partition coefficient (Wildman–Crippen LogP) is 6.02. The SMILES string of the molecule is CCCCCCCCCCCCCC(=O)C1CCCCC1=O. The number of hydrogen-bond donors (Lipinski definition) is 0. The lowest BCUT2D eigenvalue weighted by atomic mass is 9.83. The van der Waals surface area contributed by atoms with E-state index in [0.717, 1.165) is 32.1 Å². The molecule has 1 unspecified atom stereocenters. The third-order valence-electron chi connectivity index (χ3n) is 4.97. The van der Waals surface area contributed by atoms with Crippen LogP contribution in [-0.2, 0) is 9.59 Å². The second kappa shape index (κ2) is 12.8. The Morgan fingerprint density at radius 3 is 1.95 bits per heavy atom. The van der Waals surface area contributed by atoms with Crippen molar-refractivity contribution in [3.8, 4) is 0 Å². The van der Waals surface area contributed by atoms with E-state index < -0.39 is 0 Å². The molecule has 0 bridgehead atoms. The molecule has 128 valence electrons. The highest BCUT2D eigenvalue weighted by atomic mass is 16.1. The Morgan fingerprint density at radius 1 is 0.864 bits per heavy atom. The van der Waals surface area contributed by atoms with Crippen molar-refractivity contribution in [2.24, 2.45) is 5.92 Å². The highest BCUT2D eigenvalue weighted by molar-refractivity contribution is 6.02. The van der Waals surface area contributed by atoms with E-state index in [1.807, 2.05) is 0 Å². The Labute approximate surface area is 137 Å². The van der Waals surface area contributed by atoms with E-state index in [1.54, 1.807) is 0 Å². The van der Waals surface area contributed by atoms with Crippen LogP contribution >= 0.6 is 0 Å². The third-order valence-corrected chi connectivity index (χ3v) is 4.97. The first-order valence-electron chi connectivity index (χ1n) is 9.81. The van der Waals surface area contributed by atoms with Crippen molar-refractivity contribution in [1.82, 2.24) is 0 Å². The Kier molecular flexibility index (Phi) is 11.3. The van der Waals surface area contributed by atoms with Crippen molar-refractivity contribution in [3.63, 3.8) is 0 Å². The third kappa shape index (κ3) is 8.70. The molecule has 1 aliphatic rings. The minimum Gasteiger partial charge on any atom is -0.299 e. The van der Waals surface area contributed by atoms with E-state index in [1.165, 1.54) is 57.8 Å². The number of ketones is 2. The van der Waals surface area contributed by atoms with Crippen molar-refractivity contribution in [2.75, 3.05) is 0 Å². The molecule has 0 aromatic heterocycles. The van der Waals surface area contributed by atoms with Crippen molar-refractivity contribution < 1.29 is 9.59 Å². The number of hydrogen-bond acceptors (Lipinski definition) is 2. The van der Waals surface area contributed by atoms with Crippen LogP contribution in [0.25, 0.3) is 0 Å². The summed E-state index contributed by atoms with van der Waals surface area (Å²) in [6.07, 6.45) is 18.5. The number of Topliss-reactive ketones (excluding diaryl/α,β-unsaturated/α-hetero) is 2. The highest BCUT2D eigenvalue weighted by Gasteiger charge is 2.27. The van der Waals surface area contributed by atoms with Gasteiger partial charge in [-0.05, 0) is 19.3 Å². The highest BCUT2D eigenvalue weighted by Crippen LogP contribution is 2.23. The fraction of sp³-hybridized carbons (Fsp3) is 0.900. The molecule has 2 heteroatoms. The Morgan fingerprint density at radius 2 is 1.41 bits per heavy atom. The lowest BCUT2D eigenvalue weighted by molar-refractivity contribution is -0.134. The van der Waals surface area contributed by atoms with Gasteiger partial charge in [-0.1, -0.05) is 77.6 Å². The lowest BCUT2D eigenvalue weighted by Gasteiger charge is -2.19. The molecule has 0 spiro atoms. The maximum atomic E-state index is 12.0. The molecule has 1 atom stereocenters. The average Bonchev–Trinajstić information content (AvgIpc) is 2.53. The normalized spacial score (nSPS) is 18.6. The van der Waals surface area contributed by atoms with Crippen LogP contribution in [0, 0.1) is 5.92 Å². The number of unbranched alkanes of at least 4 members (excludes halogenated alkanes) is 10. The second-order valence-corrected chi connectivity index (χ2v) is 7.02. The smallest absolute Gasteiger partial charge is 0.143 e. The molecule has 1 fully saturated rings. The van der Waals surface area contributed by atoms with Gasteiger partial charge >= 0.3 is 0 Å². The molecule has 0 saturated heterocycles. The Hall–Kier alpha value is -0.660. The summed E-state index contributed by atoms with van der Waals surface area (Å²) in [6, 6.07) is 0. The molecule has 2 nitrogen and oxygen atoms in total. The molecule has 0 aromatic carbocycles. The number of carbonyl (C=O) groups is 2. The molecule has 0 aliphatic heterocycles. The molecule has 0 radical (unpaired) electrons. The van der Waals surface area contributed by atoms with Crippen LogP contribution in [0.4, 0.5) is 0 Å². The lowest BCUT2D eigenvalue weighted by Crippen LogP contribution is -2.27. The number of carbonyl (C=O) groups excluding carboxylic acids is 2. The van der Waals surface area contributed by atoms with Crippen LogP contribution in [0.5, 0.6) is 0 Å². The minimum atomic E-state index is -0.239. The van der Waals surface area contributed by atoms with Crippen molar-refractivity contribution in [2.45, 2.75) is 110 Å². The van der Waals surface area contributed by atoms with E-state index >= 15 is 0 Å². The summed E-state index contributed by atoms with van der Waals surface area (Å²) in [4.78, 5) is 23.8. The summed E-state index contributed by atoms with van der Waals surface area (Å²) < 4.78 is 0. The topological polar surface area (TPSA) is 34.1 Å². The van der Waals surface area contributed by atoms with Crippen LogP contribution in [0.15, 0.2) is 0 Å². The molecule has 0 aromatic rings. The van der Waals surface area contributed by atoms with Gasteiger partial charge < -0.3 is 0 Å². The first kappa shape index (κ1) is 19.4. The summed E-state index contributed by atoms with van der Waals surface area (Å²) in [5.41, 5.74) is 0. The van der Waals surface area contributed by atoms with Crippen molar-refractivity contribution in [3.05, 3.63) is 0 Å². The van der Waals surface area contributed by atoms with Gasteiger partial charge in [-0.15, -0.1) is 0 Å². The quantitative estimate of drug-likeness (QED) is 0.308. The van der Waals surface area contributed by atoms with Gasteiger partial charge in [-0.2, -0.15) is 0 Å². The van der Waals surface area contributed by atoms with Gasteiger partial charge in [0.05, 0.1) is 5.92 Å². The van der Waals surface area contributed by atoms with Gasteiger partial charge in [0.15, 0.2) is 0 Å². The van der Waals surface area contributed by atoms with Crippen LogP contribution in [-0.4, -0.2) is 11.6 Å². The van der Waals surface area contributed by atoms with Gasteiger partial charge in [0.25, 0.3) is 0 Å². The summed E-state index contributed by atoms with van der Waals surface area (Å²) >= 11 is 0. The molecule has 22 heavy (non-hydrogen) atoms. The first-order valence-corrected chi connectivity index (χ1v) is 9.81. The largest absolute Gasteiger partial charge is 0.299 e. The number of rotatable bonds is 13. The van der Waals surface area contributed by atoms with Crippen LogP contribution in [0.3, 0.4) is 0 Å². The van der Waals surface area contributed by atoms with Crippen LogP contribution < -0.4 is 0 Å². The molecule has 1 rings (SSSR count). The van der Waals surface area contributed by atoms with Gasteiger partial charge in [0, 0.05) is 12.8 Å². The summed E-state index contributed by atoms with van der Waals surface area (Å²) in [5.74, 6) is 0.191. The molecular formula is C20H36O2. The van der Waals surface area contributed by atoms with E-state index in [2.05, 4.69) is 6.92 Å². The molecule has 0 N–H and O–H groups in total. The second-order valence-electron chi connectivity index (χ2n) is 7.02. The zero-order valence-electron chi connectivity index (χ0n) is 14.7. The summed E-state index contributed by atoms with van der Waals surface area (Å²) in [6.45, 7) is 2.26. The molecular weight excluding hydrogens is 272 g/mol. The van der Waals surface area contributed by atoms with E-state index in [9.17, 15) is 9.59 Å². The molecule has 1 saturated carbocycles. The maximum absolute atomic E-state index is 12.0. The van der Waals surface area contributed by atoms with E-state index in [0.29, 0.717) is 12.8 Å². The van der Waals surface area contributed by atoms with Gasteiger partial charge in [-0.25, -0.2) is 0 Å². The maximum Gasteiger partial charge on any atom is 0.143 e. The minimum absolute atomic E-state index is 0.208. The van der Waals surface area contributed by atoms with Crippen molar-refractivity contribution >= 4 is 11.6 Å². The van der Waals surface area contributed by atoms with E-state index in [4.69, 9.17) is 0 Å². The Balaban J connectivity index is 1.88. The first-order chi connectivity index (χ1) is 10.8. The van der Waals surface area contributed by atoms with Gasteiger partial charge in [-0.3, -0.25) is 9.59 Å². The fourth-order valence-corrected chi connectivity index (χ4v) is 3.46. The zero-order valence-corrected chi connectivity index (χ0v) is 14.7. The summed E-state index contributed by atoms with van der Waals surface area (Å²) in [5, 5.41) is 0. The molecule has 0 heterocycles. The van der Waals surface area contributed by atoms with Gasteiger partial charge in [0.1, 0.15) is 11.6 Å². The Bertz CT molecular complexity index is 309. The fourth-order valence-electron chi connectivity index (χ4n) is 3.46. The predicted molar refractivity (Wildman–Crippen MR) is 93.1 cm³/mol. The van der Waals surface area contributed by atoms with Crippen molar-refractivity contribution in [1.29, 1.82) is 0 Å². The van der Waals surface area contributed by atoms with Gasteiger partial charge in [0.2, 0.25) is 0 Å². The average molecular weight is 309 g/mol. The van der Waals surface area contributed by atoms with Crippen LogP contribution in [0.2, 0.25) is 0 Å². The zero-order chi connectivity index (χ0) is 16.0. The standard InChI is InChI=1S/C20H36O2/c1-2-3-4-5-6-7-8-9-10-11-12-16-19(21)18-15-13-14-17-20(18)22/h18H,2-17H2,1H3. The molecule has 0 amide bonds.